The molecule has 0 aliphatic heterocycles. The molecule has 1 unspecified atom stereocenters. The van der Waals surface area contributed by atoms with E-state index in [1.165, 1.54) is 26.8 Å². The lowest BCUT2D eigenvalue weighted by atomic mass is 9.97. The molecular formula is C17H17NS. The molecule has 1 nitrogen and oxygen atoms in total. The van der Waals surface area contributed by atoms with Crippen molar-refractivity contribution in [3.05, 3.63) is 70.6 Å². The summed E-state index contributed by atoms with van der Waals surface area (Å²) in [5.74, 6) is 0. The molecule has 0 radical (unpaired) electrons. The summed E-state index contributed by atoms with van der Waals surface area (Å²) in [6.07, 6.45) is 1.05. The molecule has 2 aromatic carbocycles. The molecule has 3 aromatic rings. The highest BCUT2D eigenvalue weighted by Crippen LogP contribution is 2.32. The molecule has 2 N–H and O–H groups in total. The van der Waals surface area contributed by atoms with Gasteiger partial charge in [-0.1, -0.05) is 49.4 Å². The fourth-order valence-electron chi connectivity index (χ4n) is 2.43. The van der Waals surface area contributed by atoms with E-state index in [0.29, 0.717) is 0 Å². The minimum atomic E-state index is -0.0392. The van der Waals surface area contributed by atoms with Crippen LogP contribution in [0.4, 0.5) is 0 Å². The van der Waals surface area contributed by atoms with Crippen LogP contribution >= 0.6 is 11.3 Å². The Morgan fingerprint density at radius 1 is 1.11 bits per heavy atom. The Morgan fingerprint density at radius 3 is 2.79 bits per heavy atom. The molecule has 2 heteroatoms. The van der Waals surface area contributed by atoms with E-state index in [2.05, 4.69) is 60.8 Å². The number of benzene rings is 2. The third kappa shape index (κ3) is 2.29. The Bertz CT molecular complexity index is 699. The molecular weight excluding hydrogens is 250 g/mol. The smallest absolute Gasteiger partial charge is 0.0566 e. The van der Waals surface area contributed by atoms with Gasteiger partial charge >= 0.3 is 0 Å². The van der Waals surface area contributed by atoms with Crippen molar-refractivity contribution in [2.75, 3.05) is 0 Å². The van der Waals surface area contributed by atoms with Gasteiger partial charge in [0.25, 0.3) is 0 Å². The van der Waals surface area contributed by atoms with Gasteiger partial charge in [0.2, 0.25) is 0 Å². The molecule has 0 saturated carbocycles. The van der Waals surface area contributed by atoms with Crippen LogP contribution in [-0.4, -0.2) is 0 Å². The zero-order valence-electron chi connectivity index (χ0n) is 11.0. The second kappa shape index (κ2) is 5.16. The fourth-order valence-corrected chi connectivity index (χ4v) is 3.42. The van der Waals surface area contributed by atoms with Gasteiger partial charge in [-0.2, -0.15) is 0 Å². The number of rotatable bonds is 3. The van der Waals surface area contributed by atoms with Crippen LogP contribution in [0.3, 0.4) is 0 Å². The van der Waals surface area contributed by atoms with E-state index in [4.69, 9.17) is 5.73 Å². The standard InChI is InChI=1S/C17H17NS/c1-2-12-6-5-7-13(10-12)17(18)15-11-19-16-9-4-3-8-14(15)16/h3-11,17H,2,18H2,1H3. The lowest BCUT2D eigenvalue weighted by molar-refractivity contribution is 0.880. The van der Waals surface area contributed by atoms with Crippen LogP contribution in [-0.2, 0) is 6.42 Å². The summed E-state index contributed by atoms with van der Waals surface area (Å²) in [6, 6.07) is 17.0. The van der Waals surface area contributed by atoms with Crippen molar-refractivity contribution < 1.29 is 0 Å². The predicted molar refractivity (Wildman–Crippen MR) is 83.7 cm³/mol. The van der Waals surface area contributed by atoms with E-state index in [1.54, 1.807) is 11.3 Å². The zero-order valence-corrected chi connectivity index (χ0v) is 11.8. The fraction of sp³-hybridized carbons (Fsp3) is 0.176. The molecule has 0 saturated heterocycles. The summed E-state index contributed by atoms with van der Waals surface area (Å²) in [6.45, 7) is 2.17. The van der Waals surface area contributed by atoms with Crippen molar-refractivity contribution in [1.29, 1.82) is 0 Å². The van der Waals surface area contributed by atoms with Crippen molar-refractivity contribution in [3.8, 4) is 0 Å². The molecule has 0 aliphatic rings. The number of thiophene rings is 1. The van der Waals surface area contributed by atoms with Gasteiger partial charge in [-0.25, -0.2) is 0 Å². The molecule has 96 valence electrons. The molecule has 1 atom stereocenters. The van der Waals surface area contributed by atoms with Crippen LogP contribution in [0.15, 0.2) is 53.9 Å². The maximum atomic E-state index is 6.46. The van der Waals surface area contributed by atoms with Crippen LogP contribution in [0.5, 0.6) is 0 Å². The Hall–Kier alpha value is -1.64. The second-order valence-electron chi connectivity index (χ2n) is 4.76. The van der Waals surface area contributed by atoms with Crippen LogP contribution in [0, 0.1) is 0 Å². The molecule has 0 spiro atoms. The van der Waals surface area contributed by atoms with E-state index in [9.17, 15) is 0 Å². The van der Waals surface area contributed by atoms with E-state index in [-0.39, 0.29) is 6.04 Å². The summed E-state index contributed by atoms with van der Waals surface area (Å²) in [7, 11) is 0. The molecule has 1 heterocycles. The van der Waals surface area contributed by atoms with Gasteiger partial charge in [-0.15, -0.1) is 11.3 Å². The monoisotopic (exact) mass is 267 g/mol. The molecule has 19 heavy (non-hydrogen) atoms. The first-order chi connectivity index (χ1) is 9.29. The van der Waals surface area contributed by atoms with Gasteiger partial charge in [0.15, 0.2) is 0 Å². The van der Waals surface area contributed by atoms with Gasteiger partial charge in [-0.05, 0) is 39.9 Å². The zero-order chi connectivity index (χ0) is 13.2. The van der Waals surface area contributed by atoms with E-state index in [0.717, 1.165) is 6.42 Å². The third-order valence-corrected chi connectivity index (χ3v) is 4.55. The average Bonchev–Trinajstić information content (AvgIpc) is 2.90. The molecule has 0 fully saturated rings. The largest absolute Gasteiger partial charge is 0.320 e. The molecule has 0 amide bonds. The SMILES string of the molecule is CCc1cccc(C(N)c2csc3ccccc23)c1. The van der Waals surface area contributed by atoms with Gasteiger partial charge < -0.3 is 5.73 Å². The number of fused-ring (bicyclic) bond motifs is 1. The first kappa shape index (κ1) is 12.4. The maximum absolute atomic E-state index is 6.46. The maximum Gasteiger partial charge on any atom is 0.0566 e. The molecule has 0 aliphatic carbocycles. The summed E-state index contributed by atoms with van der Waals surface area (Å²) in [4.78, 5) is 0. The minimum Gasteiger partial charge on any atom is -0.320 e. The summed E-state index contributed by atoms with van der Waals surface area (Å²) in [5, 5.41) is 3.47. The number of hydrogen-bond donors (Lipinski definition) is 1. The Balaban J connectivity index is 2.05. The molecule has 0 bridgehead atoms. The van der Waals surface area contributed by atoms with E-state index in [1.807, 2.05) is 0 Å². The van der Waals surface area contributed by atoms with Crippen LogP contribution in [0.1, 0.15) is 29.7 Å². The summed E-state index contributed by atoms with van der Waals surface area (Å²) in [5.41, 5.74) is 10.2. The van der Waals surface area contributed by atoms with Crippen molar-refractivity contribution in [1.82, 2.24) is 0 Å². The first-order valence-corrected chi connectivity index (χ1v) is 7.48. The molecule has 3 rings (SSSR count). The highest BCUT2D eigenvalue weighted by molar-refractivity contribution is 7.17. The topological polar surface area (TPSA) is 26.0 Å². The van der Waals surface area contributed by atoms with Gasteiger partial charge in [0.1, 0.15) is 0 Å². The van der Waals surface area contributed by atoms with Crippen molar-refractivity contribution in [2.24, 2.45) is 5.73 Å². The minimum absolute atomic E-state index is 0.0392. The lowest BCUT2D eigenvalue weighted by Gasteiger charge is -2.12. The normalized spacial score (nSPS) is 12.7. The quantitative estimate of drug-likeness (QED) is 0.742. The van der Waals surface area contributed by atoms with Crippen molar-refractivity contribution in [2.45, 2.75) is 19.4 Å². The first-order valence-electron chi connectivity index (χ1n) is 6.60. The molecule has 1 aromatic heterocycles. The van der Waals surface area contributed by atoms with Gasteiger partial charge in [0.05, 0.1) is 6.04 Å². The number of hydrogen-bond acceptors (Lipinski definition) is 2. The van der Waals surface area contributed by atoms with Crippen LogP contribution < -0.4 is 5.73 Å². The van der Waals surface area contributed by atoms with Crippen molar-refractivity contribution in [3.63, 3.8) is 0 Å². The van der Waals surface area contributed by atoms with E-state index >= 15 is 0 Å². The Labute approximate surface area is 117 Å². The number of nitrogens with two attached hydrogens (primary N) is 1. The number of aryl methyl sites for hydroxylation is 1. The Morgan fingerprint density at radius 2 is 1.95 bits per heavy atom. The third-order valence-electron chi connectivity index (χ3n) is 3.56. The highest BCUT2D eigenvalue weighted by Gasteiger charge is 2.13. The summed E-state index contributed by atoms with van der Waals surface area (Å²) >= 11 is 1.77. The second-order valence-corrected chi connectivity index (χ2v) is 5.67. The lowest BCUT2D eigenvalue weighted by Crippen LogP contribution is -2.11. The van der Waals surface area contributed by atoms with E-state index < -0.39 is 0 Å². The van der Waals surface area contributed by atoms with Crippen LogP contribution in [0.2, 0.25) is 0 Å². The summed E-state index contributed by atoms with van der Waals surface area (Å²) < 4.78 is 1.31. The van der Waals surface area contributed by atoms with Gasteiger partial charge in [0, 0.05) is 4.70 Å². The Kier molecular flexibility index (Phi) is 3.36. The van der Waals surface area contributed by atoms with Gasteiger partial charge in [-0.3, -0.25) is 0 Å². The average molecular weight is 267 g/mol. The highest BCUT2D eigenvalue weighted by atomic mass is 32.1. The van der Waals surface area contributed by atoms with Crippen molar-refractivity contribution >= 4 is 21.4 Å². The van der Waals surface area contributed by atoms with Crippen LogP contribution in [0.25, 0.3) is 10.1 Å². The predicted octanol–water partition coefficient (Wildman–Crippen LogP) is 4.51.